The maximum absolute atomic E-state index is 13.2. The molecule has 0 aromatic heterocycles. The largest absolute Gasteiger partial charge is 0.493 e. The van der Waals surface area contributed by atoms with E-state index in [1.165, 1.54) is 28.1 Å². The van der Waals surface area contributed by atoms with Crippen LogP contribution in [0, 0.1) is 70.9 Å². The third-order valence-corrected chi connectivity index (χ3v) is 20.3. The Morgan fingerprint density at radius 1 is 0.367 bits per heavy atom. The van der Waals surface area contributed by atoms with Gasteiger partial charge in [-0.3, -0.25) is 38.8 Å². The monoisotopic (exact) mass is 1740 g/mol. The minimum Gasteiger partial charge on any atom is -0.493 e. The van der Waals surface area contributed by atoms with Gasteiger partial charge in [0.25, 0.3) is 0 Å². The first-order valence-electron chi connectivity index (χ1n) is 70.3. The molecule has 16 unspecified atom stereocenters. The summed E-state index contributed by atoms with van der Waals surface area (Å²) < 4.78 is 602. The number of hydrogen-bond donors (Lipinski definition) is 4. The summed E-state index contributed by atoms with van der Waals surface area (Å²) in [5, 5.41) is 0. The molecule has 20 atom stereocenters. The van der Waals surface area contributed by atoms with Crippen molar-refractivity contribution < 1.29 is 164 Å². The zero-order valence-electron chi connectivity index (χ0n) is 134. The predicted molar refractivity (Wildman–Crippen MR) is 471 cm³/mol. The maximum Gasteiger partial charge on any atom is 0.323 e. The molecule has 4 aromatic carbocycles. The number of fused-ring (bicyclic) bond motifs is 12. The lowest BCUT2D eigenvalue weighted by Gasteiger charge is -2.47. The SMILES string of the molecule is [2H]c1c(OC([2H])([2H])[2H])c(OC([2H])([2H])[2H])c([2H])c2c1C1CC([2H])(OC(=O)[C@@H](N)C(C)C)C(C([2H])([2H])C([2H])(C)C([2H])([2H])[2H])CN1C([2H])([2H])C2([2H])[2H].[2H]c1c(OC([2H])([2H])[2H])c(OC)c([2H])c2c1C1CC([2H])(OC(=O)[C@@H](N)C(C)C)C(C([2H])([2H])C([2H])(C)C([2H])([2H])[2H])CN1C([2H])([2H])C2([2H])[2H].[2H]c1c(OC)c(OC([2H])([2H])[2H])c([2H])c2c1C1CC([2H])(OC(=O)[C@@H](N)C(C)C)C(C([2H])([2H])C([2H])(C)C([2H])([2H])[2H])CN1C([2H])([2H])C2([2H])[2H].[2H]c1c(OC)c(OC)c([2H])c2c1C1CC([2H])(OC(=O)[C@@H](N)C(C)C)C(C([2H])([2H])C([2H])(C)C([2H])([2H])[2H])CN1C([2H])([2H])C2([2H])[2H]. The van der Waals surface area contributed by atoms with Crippen LogP contribution < -0.4 is 60.8 Å². The Morgan fingerprint density at radius 2 is 0.558 bits per heavy atom. The number of piperidine rings is 4. The van der Waals surface area contributed by atoms with Crippen LogP contribution in [0.5, 0.6) is 46.0 Å². The van der Waals surface area contributed by atoms with E-state index in [0.29, 0.717) is 11.8 Å². The van der Waals surface area contributed by atoms with Crippen molar-refractivity contribution in [2.75, 3.05) is 109 Å². The standard InChI is InChI=1S/4C24H38N2O4/c4*1-14(2)9-17-13-26-8-7-16-10-21(28-5)22(29-6)11-18(16)19(26)12-20(17)30-24(27)23(25)15(3)4/h4*10-11,14-15,17,19-20,23H,7-9,12-13,25H2,1-6H3/t4*17?,19?,20?,23-/m0000/s1/i1D3,5D3,6D3,7D2,8D2,9D2,10D,11D,14D,20D;1D3,6D3,7D2,8D2,9D2,10D,11D,14D,20D;1D3,5D3,7D2,8D2,9D2,10D,11D,14D,20D;1D3,7D2,8D2,9D2,10D,11D,14D,20D/t4*14?,17?,19?,20?,23-. The van der Waals surface area contributed by atoms with Crippen molar-refractivity contribution in [3.8, 4) is 46.0 Å². The molecule has 8 N–H and O–H groups in total. The number of ether oxygens (including phenoxy) is 12. The van der Waals surface area contributed by atoms with E-state index in [1.807, 2.05) is 0 Å². The third-order valence-electron chi connectivity index (χ3n) is 20.3. The topological polar surface area (TPSA) is 296 Å². The lowest BCUT2D eigenvalue weighted by molar-refractivity contribution is -0.161. The number of nitrogens with two attached hydrogens (primary N) is 4. The second-order valence-corrected chi connectivity index (χ2v) is 30.4. The van der Waals surface area contributed by atoms with Crippen LogP contribution in [-0.4, -0.2) is 201 Å². The first-order chi connectivity index (χ1) is 81.7. The summed E-state index contributed by atoms with van der Waals surface area (Å²) >= 11 is 0. The first kappa shape index (κ1) is 41.3. The molecule has 8 heterocycles. The van der Waals surface area contributed by atoms with Crippen LogP contribution in [0.2, 0.25) is 0 Å². The number of hydrogen-bond acceptors (Lipinski definition) is 24. The summed E-state index contributed by atoms with van der Waals surface area (Å²) in [6, 6.07) is -18.7. The van der Waals surface area contributed by atoms with E-state index >= 15 is 0 Å². The molecule has 0 amide bonds. The van der Waals surface area contributed by atoms with E-state index < -0.39 is 474 Å². The second-order valence-electron chi connectivity index (χ2n) is 30.4. The Hall–Kier alpha value is -7.16. The van der Waals surface area contributed by atoms with Gasteiger partial charge in [0.15, 0.2) is 46.0 Å². The Labute approximate surface area is 808 Å². The fourth-order valence-corrected chi connectivity index (χ4v) is 13.6. The highest BCUT2D eigenvalue weighted by molar-refractivity contribution is 5.77. The third kappa shape index (κ3) is 23.8. The van der Waals surface area contributed by atoms with Crippen LogP contribution in [0.4, 0.5) is 0 Å². The van der Waals surface area contributed by atoms with Crippen LogP contribution in [-0.2, 0) is 63.6 Å². The van der Waals surface area contributed by atoms with Crippen LogP contribution >= 0.6 is 0 Å². The van der Waals surface area contributed by atoms with Gasteiger partial charge in [-0.15, -0.1) is 0 Å². The van der Waals surface area contributed by atoms with Gasteiger partial charge in [-0.25, -0.2) is 0 Å². The minimum atomic E-state index is -3.40. The molecule has 24 heteroatoms. The molecule has 0 radical (unpaired) electrons. The molecule has 0 saturated carbocycles. The average Bonchev–Trinajstić information content (AvgIpc) is 0.686. The van der Waals surface area contributed by atoms with Crippen molar-refractivity contribution in [3.63, 3.8) is 0 Å². The Bertz CT molecular complexity index is 7080. The molecule has 0 spiro atoms. The number of carbonyl (C=O) groups excluding carboxylic acids is 4. The second kappa shape index (κ2) is 43.9. The summed E-state index contributed by atoms with van der Waals surface area (Å²) in [4.78, 5) is 55.6. The predicted octanol–water partition coefficient (Wildman–Crippen LogP) is 14.3. The van der Waals surface area contributed by atoms with Gasteiger partial charge >= 0.3 is 23.9 Å². The highest BCUT2D eigenvalue weighted by atomic mass is 16.6. The van der Waals surface area contributed by atoms with Crippen molar-refractivity contribution in [2.24, 2.45) is 93.9 Å². The van der Waals surface area contributed by atoms with Crippen molar-refractivity contribution in [1.82, 2.24) is 19.6 Å². The van der Waals surface area contributed by atoms with Gasteiger partial charge < -0.3 is 79.8 Å². The number of rotatable bonds is 28. The Kier molecular flexibility index (Phi) is 15.1. The van der Waals surface area contributed by atoms with E-state index in [1.54, 1.807) is 41.5 Å². The van der Waals surface area contributed by atoms with E-state index in [4.69, 9.17) is 162 Å². The van der Waals surface area contributed by atoms with Gasteiger partial charge in [0.2, 0.25) is 0 Å². The van der Waals surface area contributed by atoms with Crippen LogP contribution in [0.1, 0.15) is 318 Å². The number of esters is 4. The summed E-state index contributed by atoms with van der Waals surface area (Å²) in [5.74, 6) is -33.1. The van der Waals surface area contributed by atoms with Crippen LogP contribution in [0.25, 0.3) is 0 Å². The molecule has 0 bridgehead atoms. The number of benzene rings is 4. The molecule has 4 fully saturated rings. The molecule has 8 aliphatic rings. The minimum absolute atomic E-state index is 0.257. The van der Waals surface area contributed by atoms with E-state index in [0.717, 1.165) is 49.7 Å². The van der Waals surface area contributed by atoms with Crippen molar-refractivity contribution in [3.05, 3.63) is 92.8 Å². The van der Waals surface area contributed by atoms with Gasteiger partial charge in [0.05, 0.1) is 89.5 Å². The summed E-state index contributed by atoms with van der Waals surface area (Å²) in [6.07, 6.45) is -40.6. The van der Waals surface area contributed by atoms with Gasteiger partial charge in [-0.2, -0.15) is 0 Å². The summed E-state index contributed by atoms with van der Waals surface area (Å²) in [6.45, 7) is -14.4. The molecule has 24 nitrogen and oxygen atoms in total. The van der Waals surface area contributed by atoms with Crippen LogP contribution in [0.3, 0.4) is 0 Å². The summed E-state index contributed by atoms with van der Waals surface area (Å²) in [5.41, 5.74) is 18.8. The molecule has 8 aliphatic heterocycles. The Morgan fingerprint density at radius 3 is 0.742 bits per heavy atom. The van der Waals surface area contributed by atoms with Gasteiger partial charge in [0, 0.05) is 181 Å². The highest BCUT2D eigenvalue weighted by Gasteiger charge is 2.47. The molecule has 0 aliphatic carbocycles. The van der Waals surface area contributed by atoms with Crippen molar-refractivity contribution in [1.29, 1.82) is 0 Å². The maximum atomic E-state index is 13.2. The molecule has 4 aromatic rings. The average molecular weight is 1740 g/mol. The first-order valence-corrected chi connectivity index (χ1v) is 38.3. The smallest absolute Gasteiger partial charge is 0.323 e. The fourth-order valence-electron chi connectivity index (χ4n) is 13.6. The summed E-state index contributed by atoms with van der Waals surface area (Å²) in [7, 11) is -8.77. The normalized spacial score (nSPS) is 41.8. The zero-order valence-corrected chi connectivity index (χ0v) is 69.5. The quantitative estimate of drug-likeness (QED) is 0.0303. The van der Waals surface area contributed by atoms with E-state index in [9.17, 15) is 24.7 Å². The van der Waals surface area contributed by atoms with E-state index in [2.05, 4.69) is 0 Å². The van der Waals surface area contributed by atoms with Gasteiger partial charge in [0.1, 0.15) is 48.5 Å². The molecule has 120 heavy (non-hydrogen) atoms. The molecule has 12 rings (SSSR count). The van der Waals surface area contributed by atoms with Gasteiger partial charge in [-0.1, -0.05) is 110 Å². The van der Waals surface area contributed by atoms with Gasteiger partial charge in [-0.05, 0) is 191 Å². The van der Waals surface area contributed by atoms with Crippen molar-refractivity contribution >= 4 is 23.9 Å². The molecule has 4 saturated heterocycles. The number of methoxy groups -OCH3 is 8. The lowest BCUT2D eigenvalue weighted by atomic mass is 9.79. The fraction of sp³-hybridized carbons (Fsp3) is 0.708. The zero-order chi connectivity index (χ0) is 144. The lowest BCUT2D eigenvalue weighted by Crippen LogP contribution is -2.51. The van der Waals surface area contributed by atoms with E-state index in [-0.39, 0.29) is 17.1 Å². The van der Waals surface area contributed by atoms with Crippen LogP contribution in [0.15, 0.2) is 48.3 Å². The highest BCUT2D eigenvalue weighted by Crippen LogP contribution is 2.50. The molecule has 672 valence electrons. The molecular formula is C96H152N8O16. The molecular weight excluding hydrogens is 1520 g/mol. The number of carbonyl (C=O) groups is 4. The number of nitrogens with zero attached hydrogens (tertiary/aromatic N) is 4. The Balaban J connectivity index is 0.000000267. The van der Waals surface area contributed by atoms with Crippen molar-refractivity contribution in [2.45, 2.75) is 260 Å².